The van der Waals surface area contributed by atoms with E-state index in [0.29, 0.717) is 19.1 Å². The van der Waals surface area contributed by atoms with Crippen LogP contribution in [0.2, 0.25) is 0 Å². The second-order valence-corrected chi connectivity index (χ2v) is 5.57. The summed E-state index contributed by atoms with van der Waals surface area (Å²) in [6.07, 6.45) is 8.03. The van der Waals surface area contributed by atoms with Gasteiger partial charge in [-0.15, -0.1) is 0 Å². The van der Waals surface area contributed by atoms with Crippen molar-refractivity contribution >= 4 is 6.03 Å². The van der Waals surface area contributed by atoms with Crippen LogP contribution in [0, 0.1) is 5.41 Å². The molecule has 0 bridgehead atoms. The molecular weight excluding hydrogens is 226 g/mol. The van der Waals surface area contributed by atoms with Crippen molar-refractivity contribution < 1.29 is 4.79 Å². The van der Waals surface area contributed by atoms with Gasteiger partial charge in [-0.1, -0.05) is 33.1 Å². The van der Waals surface area contributed by atoms with E-state index < -0.39 is 0 Å². The summed E-state index contributed by atoms with van der Waals surface area (Å²) in [6.45, 7) is 5.58. The first-order chi connectivity index (χ1) is 8.65. The van der Waals surface area contributed by atoms with E-state index in [0.717, 1.165) is 25.7 Å². The Hall–Kier alpha value is -0.770. The van der Waals surface area contributed by atoms with E-state index in [1.54, 1.807) is 0 Å². The van der Waals surface area contributed by atoms with Crippen molar-refractivity contribution in [1.29, 1.82) is 0 Å². The quantitative estimate of drug-likeness (QED) is 0.682. The van der Waals surface area contributed by atoms with E-state index in [-0.39, 0.29) is 11.4 Å². The first-order valence-corrected chi connectivity index (χ1v) is 7.40. The number of carbonyl (C=O) groups excluding carboxylic acids is 1. The van der Waals surface area contributed by atoms with Gasteiger partial charge in [0.2, 0.25) is 0 Å². The zero-order valence-corrected chi connectivity index (χ0v) is 11.9. The highest BCUT2D eigenvalue weighted by Gasteiger charge is 2.25. The Kier molecular flexibility index (Phi) is 6.47. The Morgan fingerprint density at radius 2 is 1.83 bits per heavy atom. The molecule has 1 rings (SSSR count). The van der Waals surface area contributed by atoms with Gasteiger partial charge in [-0.25, -0.2) is 4.79 Å². The molecule has 4 N–H and O–H groups in total. The Balaban J connectivity index is 2.30. The van der Waals surface area contributed by atoms with Crippen LogP contribution in [0.15, 0.2) is 0 Å². The van der Waals surface area contributed by atoms with E-state index in [9.17, 15) is 4.79 Å². The average Bonchev–Trinajstić information content (AvgIpc) is 2.42. The molecule has 106 valence electrons. The van der Waals surface area contributed by atoms with Crippen LogP contribution in [-0.4, -0.2) is 25.2 Å². The smallest absolute Gasteiger partial charge is 0.315 e. The number of nitrogens with two attached hydrogens (primary N) is 1. The van der Waals surface area contributed by atoms with Crippen LogP contribution in [0.4, 0.5) is 4.79 Å². The van der Waals surface area contributed by atoms with E-state index in [1.165, 1.54) is 19.3 Å². The van der Waals surface area contributed by atoms with Crippen molar-refractivity contribution in [3.05, 3.63) is 0 Å². The molecule has 0 atom stereocenters. The molecule has 0 spiro atoms. The highest BCUT2D eigenvalue weighted by molar-refractivity contribution is 5.74. The van der Waals surface area contributed by atoms with Crippen LogP contribution in [0.5, 0.6) is 0 Å². The van der Waals surface area contributed by atoms with Gasteiger partial charge in [0.1, 0.15) is 0 Å². The van der Waals surface area contributed by atoms with E-state index in [4.69, 9.17) is 5.73 Å². The monoisotopic (exact) mass is 255 g/mol. The summed E-state index contributed by atoms with van der Waals surface area (Å²) in [5, 5.41) is 6.07. The fraction of sp³-hybridized carbons (Fsp3) is 0.929. The molecule has 0 radical (unpaired) electrons. The molecule has 2 amide bonds. The van der Waals surface area contributed by atoms with Gasteiger partial charge < -0.3 is 16.4 Å². The Labute approximate surface area is 111 Å². The minimum Gasteiger partial charge on any atom is -0.338 e. The molecule has 0 aliphatic heterocycles. The molecule has 0 heterocycles. The number of urea groups is 1. The zero-order valence-electron chi connectivity index (χ0n) is 11.9. The average molecular weight is 255 g/mol. The number of hydrogen-bond donors (Lipinski definition) is 3. The first kappa shape index (κ1) is 15.3. The molecule has 0 aromatic heterocycles. The second kappa shape index (κ2) is 7.62. The second-order valence-electron chi connectivity index (χ2n) is 5.57. The standard InChI is InChI=1S/C14H29N3O/c1-3-14(4-2,10-15)11-16-13(18)17-12-8-6-5-7-9-12/h12H,3-11,15H2,1-2H3,(H2,16,17,18). The summed E-state index contributed by atoms with van der Waals surface area (Å²) in [6, 6.07) is 0.343. The Bertz CT molecular complexity index is 237. The van der Waals surface area contributed by atoms with Crippen LogP contribution >= 0.6 is 0 Å². The summed E-state index contributed by atoms with van der Waals surface area (Å²) in [7, 11) is 0. The summed E-state index contributed by atoms with van der Waals surface area (Å²) in [4.78, 5) is 11.8. The third-order valence-corrected chi connectivity index (χ3v) is 4.50. The zero-order chi connectivity index (χ0) is 13.4. The van der Waals surface area contributed by atoms with Gasteiger partial charge in [-0.2, -0.15) is 0 Å². The van der Waals surface area contributed by atoms with Crippen molar-refractivity contribution in [2.75, 3.05) is 13.1 Å². The fourth-order valence-electron chi connectivity index (χ4n) is 2.61. The maximum Gasteiger partial charge on any atom is 0.315 e. The number of hydrogen-bond acceptors (Lipinski definition) is 2. The maximum atomic E-state index is 11.8. The molecular formula is C14H29N3O. The van der Waals surface area contributed by atoms with E-state index in [2.05, 4.69) is 24.5 Å². The molecule has 1 aliphatic carbocycles. The van der Waals surface area contributed by atoms with E-state index in [1.807, 2.05) is 0 Å². The van der Waals surface area contributed by atoms with Gasteiger partial charge in [0.25, 0.3) is 0 Å². The van der Waals surface area contributed by atoms with Crippen molar-refractivity contribution in [3.8, 4) is 0 Å². The van der Waals surface area contributed by atoms with Crippen LogP contribution in [-0.2, 0) is 0 Å². The summed E-state index contributed by atoms with van der Waals surface area (Å²) in [5.74, 6) is 0. The molecule has 18 heavy (non-hydrogen) atoms. The summed E-state index contributed by atoms with van der Waals surface area (Å²) in [5.41, 5.74) is 5.89. The fourth-order valence-corrected chi connectivity index (χ4v) is 2.61. The van der Waals surface area contributed by atoms with Gasteiger partial charge >= 0.3 is 6.03 Å². The van der Waals surface area contributed by atoms with Crippen molar-refractivity contribution in [3.63, 3.8) is 0 Å². The van der Waals surface area contributed by atoms with Gasteiger partial charge in [-0.05, 0) is 37.6 Å². The highest BCUT2D eigenvalue weighted by atomic mass is 16.2. The molecule has 0 unspecified atom stereocenters. The third kappa shape index (κ3) is 4.48. The maximum absolute atomic E-state index is 11.8. The SMILES string of the molecule is CCC(CC)(CN)CNC(=O)NC1CCCCC1. The molecule has 0 aromatic carbocycles. The first-order valence-electron chi connectivity index (χ1n) is 7.40. The predicted octanol–water partition coefficient (Wildman–Crippen LogP) is 2.38. The van der Waals surface area contributed by atoms with Gasteiger partial charge in [0, 0.05) is 12.6 Å². The van der Waals surface area contributed by atoms with Crippen LogP contribution in [0.25, 0.3) is 0 Å². The predicted molar refractivity (Wildman–Crippen MR) is 75.5 cm³/mol. The number of amides is 2. The third-order valence-electron chi connectivity index (χ3n) is 4.50. The molecule has 0 saturated heterocycles. The molecule has 1 fully saturated rings. The summed E-state index contributed by atoms with van der Waals surface area (Å²) < 4.78 is 0. The van der Waals surface area contributed by atoms with Crippen LogP contribution in [0.1, 0.15) is 58.8 Å². The highest BCUT2D eigenvalue weighted by Crippen LogP contribution is 2.23. The van der Waals surface area contributed by atoms with E-state index >= 15 is 0 Å². The lowest BCUT2D eigenvalue weighted by Crippen LogP contribution is -2.48. The van der Waals surface area contributed by atoms with Gasteiger partial charge in [0.15, 0.2) is 0 Å². The molecule has 1 aliphatic rings. The molecule has 4 nitrogen and oxygen atoms in total. The van der Waals surface area contributed by atoms with Gasteiger partial charge in [0.05, 0.1) is 0 Å². The molecule has 0 aromatic rings. The van der Waals surface area contributed by atoms with Crippen molar-refractivity contribution in [2.24, 2.45) is 11.1 Å². The largest absolute Gasteiger partial charge is 0.338 e. The minimum atomic E-state index is -0.0263. The Morgan fingerprint density at radius 1 is 1.22 bits per heavy atom. The number of rotatable bonds is 6. The molecule has 1 saturated carbocycles. The minimum absolute atomic E-state index is 0.0263. The van der Waals surface area contributed by atoms with Crippen LogP contribution in [0.3, 0.4) is 0 Å². The lowest BCUT2D eigenvalue weighted by Gasteiger charge is -2.31. The van der Waals surface area contributed by atoms with Gasteiger partial charge in [-0.3, -0.25) is 0 Å². The lowest BCUT2D eigenvalue weighted by atomic mass is 9.82. The normalized spacial score (nSPS) is 17.5. The molecule has 4 heteroatoms. The number of nitrogens with one attached hydrogen (secondary N) is 2. The van der Waals surface area contributed by atoms with Crippen molar-refractivity contribution in [1.82, 2.24) is 10.6 Å². The lowest BCUT2D eigenvalue weighted by molar-refractivity contribution is 0.216. The summed E-state index contributed by atoms with van der Waals surface area (Å²) >= 11 is 0. The van der Waals surface area contributed by atoms with Crippen LogP contribution < -0.4 is 16.4 Å². The number of carbonyl (C=O) groups is 1. The van der Waals surface area contributed by atoms with Crippen molar-refractivity contribution in [2.45, 2.75) is 64.8 Å². The topological polar surface area (TPSA) is 67.1 Å². The Morgan fingerprint density at radius 3 is 2.33 bits per heavy atom.